The Morgan fingerprint density at radius 1 is 1.28 bits per heavy atom. The molecule has 0 heterocycles. The fourth-order valence-corrected chi connectivity index (χ4v) is 2.41. The van der Waals surface area contributed by atoms with Crippen molar-refractivity contribution in [1.29, 1.82) is 0 Å². The third-order valence-electron chi connectivity index (χ3n) is 3.65. The lowest BCUT2D eigenvalue weighted by atomic mass is 10.0. The number of aliphatic hydroxyl groups is 1. The highest BCUT2D eigenvalue weighted by atomic mass is 16.3. The van der Waals surface area contributed by atoms with Crippen molar-refractivity contribution in [3.63, 3.8) is 0 Å². The molecule has 1 aromatic carbocycles. The molecule has 2 rings (SSSR count). The van der Waals surface area contributed by atoms with Crippen LogP contribution in [0.5, 0.6) is 0 Å². The second-order valence-electron chi connectivity index (χ2n) is 5.67. The van der Waals surface area contributed by atoms with Crippen molar-refractivity contribution in [2.75, 3.05) is 20.1 Å². The van der Waals surface area contributed by atoms with Crippen LogP contribution in [0.3, 0.4) is 0 Å². The van der Waals surface area contributed by atoms with Crippen LogP contribution in [0.2, 0.25) is 0 Å². The number of rotatable bonds is 7. The van der Waals surface area contributed by atoms with E-state index in [4.69, 9.17) is 0 Å². The minimum absolute atomic E-state index is 0.357. The van der Waals surface area contributed by atoms with Gasteiger partial charge in [0.2, 0.25) is 0 Å². The summed E-state index contributed by atoms with van der Waals surface area (Å²) in [6, 6.07) is 8.42. The lowest BCUT2D eigenvalue weighted by Gasteiger charge is -2.20. The van der Waals surface area contributed by atoms with Gasteiger partial charge in [0.05, 0.1) is 6.10 Å². The normalized spacial score (nSPS) is 17.1. The molecule has 18 heavy (non-hydrogen) atoms. The summed E-state index contributed by atoms with van der Waals surface area (Å²) in [5.41, 5.74) is 2.40. The first kappa shape index (κ1) is 13.6. The first-order valence-electron chi connectivity index (χ1n) is 7.14. The van der Waals surface area contributed by atoms with E-state index >= 15 is 0 Å². The highest BCUT2D eigenvalue weighted by molar-refractivity contribution is 5.24. The zero-order chi connectivity index (χ0) is 13.0. The SMILES string of the molecule is CCCc1ccc(C(O)CN(C)CC2CC2)cc1. The van der Waals surface area contributed by atoms with E-state index in [9.17, 15) is 5.11 Å². The third kappa shape index (κ3) is 4.11. The molecule has 0 aromatic heterocycles. The molecule has 0 radical (unpaired) electrons. The first-order chi connectivity index (χ1) is 8.69. The van der Waals surface area contributed by atoms with Gasteiger partial charge in [-0.05, 0) is 43.4 Å². The average Bonchev–Trinajstić information content (AvgIpc) is 3.14. The summed E-state index contributed by atoms with van der Waals surface area (Å²) in [7, 11) is 2.10. The first-order valence-corrected chi connectivity index (χ1v) is 7.14. The molecular weight excluding hydrogens is 222 g/mol. The second-order valence-corrected chi connectivity index (χ2v) is 5.67. The van der Waals surface area contributed by atoms with Crippen LogP contribution in [0.15, 0.2) is 24.3 Å². The number of hydrogen-bond acceptors (Lipinski definition) is 2. The molecule has 0 aliphatic heterocycles. The molecular formula is C16H25NO. The van der Waals surface area contributed by atoms with Gasteiger partial charge in [-0.3, -0.25) is 0 Å². The van der Waals surface area contributed by atoms with Crippen molar-refractivity contribution in [2.45, 2.75) is 38.7 Å². The van der Waals surface area contributed by atoms with Crippen molar-refractivity contribution in [3.8, 4) is 0 Å². The Labute approximate surface area is 111 Å². The van der Waals surface area contributed by atoms with Crippen LogP contribution in [0.4, 0.5) is 0 Å². The fraction of sp³-hybridized carbons (Fsp3) is 0.625. The number of hydrogen-bond donors (Lipinski definition) is 1. The Balaban J connectivity index is 1.84. The van der Waals surface area contributed by atoms with Gasteiger partial charge in [0.25, 0.3) is 0 Å². The van der Waals surface area contributed by atoms with Crippen LogP contribution in [-0.2, 0) is 6.42 Å². The molecule has 0 bridgehead atoms. The minimum Gasteiger partial charge on any atom is -0.387 e. The summed E-state index contributed by atoms with van der Waals surface area (Å²) in [5.74, 6) is 0.883. The molecule has 1 N–H and O–H groups in total. The summed E-state index contributed by atoms with van der Waals surface area (Å²) in [6.07, 6.45) is 4.67. The van der Waals surface area contributed by atoms with Gasteiger partial charge in [-0.1, -0.05) is 37.6 Å². The van der Waals surface area contributed by atoms with Gasteiger partial charge in [0.1, 0.15) is 0 Å². The van der Waals surface area contributed by atoms with Crippen LogP contribution in [-0.4, -0.2) is 30.1 Å². The van der Waals surface area contributed by atoms with Crippen LogP contribution in [0.25, 0.3) is 0 Å². The summed E-state index contributed by atoms with van der Waals surface area (Å²) in [4.78, 5) is 2.25. The highest BCUT2D eigenvalue weighted by Crippen LogP contribution is 2.29. The van der Waals surface area contributed by atoms with E-state index in [0.717, 1.165) is 31.0 Å². The number of nitrogens with zero attached hydrogens (tertiary/aromatic N) is 1. The maximum absolute atomic E-state index is 10.2. The van der Waals surface area contributed by atoms with E-state index in [2.05, 4.69) is 43.1 Å². The van der Waals surface area contributed by atoms with E-state index in [1.165, 1.54) is 24.8 Å². The molecule has 1 unspecified atom stereocenters. The lowest BCUT2D eigenvalue weighted by molar-refractivity contribution is 0.124. The Hall–Kier alpha value is -0.860. The zero-order valence-electron chi connectivity index (χ0n) is 11.6. The van der Waals surface area contributed by atoms with Crippen LogP contribution >= 0.6 is 0 Å². The number of benzene rings is 1. The Morgan fingerprint density at radius 3 is 2.50 bits per heavy atom. The van der Waals surface area contributed by atoms with Crippen molar-refractivity contribution in [3.05, 3.63) is 35.4 Å². The molecule has 1 aromatic rings. The van der Waals surface area contributed by atoms with Crippen molar-refractivity contribution < 1.29 is 5.11 Å². The molecule has 0 saturated heterocycles. The van der Waals surface area contributed by atoms with E-state index in [-0.39, 0.29) is 6.10 Å². The van der Waals surface area contributed by atoms with Gasteiger partial charge >= 0.3 is 0 Å². The minimum atomic E-state index is -0.357. The third-order valence-corrected chi connectivity index (χ3v) is 3.65. The van der Waals surface area contributed by atoms with Gasteiger partial charge in [-0.25, -0.2) is 0 Å². The van der Waals surface area contributed by atoms with Gasteiger partial charge in [-0.15, -0.1) is 0 Å². The second kappa shape index (κ2) is 6.35. The molecule has 100 valence electrons. The zero-order valence-corrected chi connectivity index (χ0v) is 11.6. The molecule has 1 atom stereocenters. The summed E-state index contributed by atoms with van der Waals surface area (Å²) in [5, 5.41) is 10.2. The predicted molar refractivity (Wildman–Crippen MR) is 75.6 cm³/mol. The number of aliphatic hydroxyl groups excluding tert-OH is 1. The smallest absolute Gasteiger partial charge is 0.0916 e. The van der Waals surface area contributed by atoms with Gasteiger partial charge < -0.3 is 10.0 Å². The molecule has 0 spiro atoms. The Kier molecular flexibility index (Phi) is 4.79. The average molecular weight is 247 g/mol. The molecule has 2 nitrogen and oxygen atoms in total. The van der Waals surface area contributed by atoms with Crippen molar-refractivity contribution in [1.82, 2.24) is 4.90 Å². The van der Waals surface area contributed by atoms with Crippen LogP contribution < -0.4 is 0 Å². The Bertz CT molecular complexity index is 356. The molecule has 1 fully saturated rings. The molecule has 2 heteroatoms. The lowest BCUT2D eigenvalue weighted by Crippen LogP contribution is -2.26. The summed E-state index contributed by atoms with van der Waals surface area (Å²) in [6.45, 7) is 4.06. The van der Waals surface area contributed by atoms with Crippen LogP contribution in [0.1, 0.15) is 43.4 Å². The molecule has 1 aliphatic rings. The number of aryl methyl sites for hydroxylation is 1. The Morgan fingerprint density at radius 2 is 1.94 bits per heavy atom. The summed E-state index contributed by atoms with van der Waals surface area (Å²) < 4.78 is 0. The van der Waals surface area contributed by atoms with Gasteiger partial charge in [0, 0.05) is 13.1 Å². The van der Waals surface area contributed by atoms with Gasteiger partial charge in [0.15, 0.2) is 0 Å². The van der Waals surface area contributed by atoms with E-state index in [1.807, 2.05) is 0 Å². The highest BCUT2D eigenvalue weighted by Gasteiger charge is 2.23. The molecule has 0 amide bonds. The van der Waals surface area contributed by atoms with Crippen molar-refractivity contribution in [2.24, 2.45) is 5.92 Å². The summed E-state index contributed by atoms with van der Waals surface area (Å²) >= 11 is 0. The molecule has 1 saturated carbocycles. The topological polar surface area (TPSA) is 23.5 Å². The van der Waals surface area contributed by atoms with E-state index < -0.39 is 0 Å². The quantitative estimate of drug-likeness (QED) is 0.800. The predicted octanol–water partition coefficient (Wildman–Crippen LogP) is 3.01. The largest absolute Gasteiger partial charge is 0.387 e. The standard InChI is InChI=1S/C16H25NO/c1-3-4-13-7-9-15(10-8-13)16(18)12-17(2)11-14-5-6-14/h7-10,14,16,18H,3-6,11-12H2,1-2H3. The maximum Gasteiger partial charge on any atom is 0.0916 e. The van der Waals surface area contributed by atoms with Crippen molar-refractivity contribution >= 4 is 0 Å². The van der Waals surface area contributed by atoms with Crippen LogP contribution in [0, 0.1) is 5.92 Å². The molecule has 1 aliphatic carbocycles. The van der Waals surface area contributed by atoms with Gasteiger partial charge in [-0.2, -0.15) is 0 Å². The maximum atomic E-state index is 10.2. The fourth-order valence-electron chi connectivity index (χ4n) is 2.41. The monoisotopic (exact) mass is 247 g/mol. The van der Waals surface area contributed by atoms with E-state index in [0.29, 0.717) is 0 Å². The van der Waals surface area contributed by atoms with E-state index in [1.54, 1.807) is 0 Å². The number of likely N-dealkylation sites (N-methyl/N-ethyl adjacent to an activating group) is 1.